The van der Waals surface area contributed by atoms with Crippen molar-refractivity contribution in [3.63, 3.8) is 0 Å². The van der Waals surface area contributed by atoms with E-state index >= 15 is 0 Å². The largest absolute Gasteiger partial charge is 0.507 e. The minimum Gasteiger partial charge on any atom is -0.507 e. The highest BCUT2D eigenvalue weighted by Crippen LogP contribution is 2.44. The number of halogens is 1. The molecule has 7 heteroatoms. The van der Waals surface area contributed by atoms with Crippen molar-refractivity contribution in [2.45, 2.75) is 18.4 Å². The Balaban J connectivity index is 2.01. The predicted molar refractivity (Wildman–Crippen MR) is 107 cm³/mol. The third-order valence-corrected chi connectivity index (χ3v) is 5.72. The van der Waals surface area contributed by atoms with Gasteiger partial charge in [0.2, 0.25) is 0 Å². The zero-order chi connectivity index (χ0) is 20.0. The van der Waals surface area contributed by atoms with Gasteiger partial charge >= 0.3 is 0 Å². The Hall–Kier alpha value is -2.54. The Labute approximate surface area is 166 Å². The maximum Gasteiger partial charge on any atom is 0.197 e. The van der Waals surface area contributed by atoms with Gasteiger partial charge in [0.1, 0.15) is 28.2 Å². The lowest BCUT2D eigenvalue weighted by atomic mass is 9.89. The van der Waals surface area contributed by atoms with Crippen LogP contribution >= 0.6 is 11.6 Å². The number of rotatable bonds is 3. The lowest BCUT2D eigenvalue weighted by Gasteiger charge is -2.24. The van der Waals surface area contributed by atoms with Crippen molar-refractivity contribution in [2.24, 2.45) is 0 Å². The first-order chi connectivity index (χ1) is 13.4. The van der Waals surface area contributed by atoms with Gasteiger partial charge in [-0.1, -0.05) is 23.7 Å². The number of phenols is 2. The molecule has 0 unspecified atom stereocenters. The topological polar surface area (TPSA) is 94.1 Å². The summed E-state index contributed by atoms with van der Waals surface area (Å²) in [6.45, 7) is 0.636. The number of hydrogen-bond acceptors (Lipinski definition) is 6. The average Bonchev–Trinajstić information content (AvgIpc) is 3.01. The third kappa shape index (κ3) is 3.03. The smallest absolute Gasteiger partial charge is 0.197 e. The Kier molecular flexibility index (Phi) is 4.79. The van der Waals surface area contributed by atoms with Crippen LogP contribution in [0.5, 0.6) is 11.5 Å². The van der Waals surface area contributed by atoms with Gasteiger partial charge in [0.15, 0.2) is 5.43 Å². The second-order valence-corrected chi connectivity index (χ2v) is 7.58. The highest BCUT2D eigenvalue weighted by Gasteiger charge is 2.36. The van der Waals surface area contributed by atoms with Gasteiger partial charge in [-0.15, -0.1) is 0 Å². The van der Waals surface area contributed by atoms with Gasteiger partial charge in [-0.25, -0.2) is 0 Å². The van der Waals surface area contributed by atoms with Crippen LogP contribution in [0.2, 0.25) is 5.02 Å². The highest BCUT2D eigenvalue weighted by atomic mass is 35.5. The fourth-order valence-electron chi connectivity index (χ4n) is 4.08. The van der Waals surface area contributed by atoms with E-state index in [9.17, 15) is 20.1 Å². The molecule has 1 aliphatic heterocycles. The van der Waals surface area contributed by atoms with Gasteiger partial charge in [0, 0.05) is 40.2 Å². The van der Waals surface area contributed by atoms with E-state index in [1.165, 1.54) is 12.1 Å². The number of hydrogen-bond donors (Lipinski definition) is 3. The average molecular weight is 402 g/mol. The molecule has 2 heterocycles. The summed E-state index contributed by atoms with van der Waals surface area (Å²) in [7, 11) is 1.90. The summed E-state index contributed by atoms with van der Waals surface area (Å²) in [5.41, 5.74) is 0.764. The number of fused-ring (bicyclic) bond motifs is 1. The molecule has 1 aromatic heterocycles. The Bertz CT molecular complexity index is 1110. The van der Waals surface area contributed by atoms with Crippen LogP contribution in [0.4, 0.5) is 0 Å². The molecule has 0 aliphatic carbocycles. The zero-order valence-electron chi connectivity index (χ0n) is 15.2. The normalized spacial score (nSPS) is 20.1. The molecule has 0 amide bonds. The number of phenolic OH excluding ortho intramolecular Hbond substituents is 2. The van der Waals surface area contributed by atoms with Crippen LogP contribution in [-0.4, -0.2) is 46.5 Å². The van der Waals surface area contributed by atoms with Gasteiger partial charge in [-0.3, -0.25) is 4.79 Å². The van der Waals surface area contributed by atoms with Gasteiger partial charge in [0.05, 0.1) is 6.61 Å². The van der Waals surface area contributed by atoms with Crippen LogP contribution in [-0.2, 0) is 0 Å². The molecule has 1 aliphatic rings. The molecule has 0 bridgehead atoms. The molecule has 3 N–H and O–H groups in total. The minimum absolute atomic E-state index is 0.0184. The number of aliphatic hydroxyl groups is 1. The molecule has 0 saturated carbocycles. The maximum absolute atomic E-state index is 12.8. The molecular formula is C21H20ClNO5. The molecule has 2 aromatic carbocycles. The van der Waals surface area contributed by atoms with Gasteiger partial charge in [0.25, 0.3) is 0 Å². The fraction of sp³-hybridized carbons (Fsp3) is 0.286. The van der Waals surface area contributed by atoms with Crippen LogP contribution < -0.4 is 5.43 Å². The molecule has 1 fully saturated rings. The van der Waals surface area contributed by atoms with Crippen LogP contribution in [0.25, 0.3) is 22.3 Å². The first kappa shape index (κ1) is 18.8. The van der Waals surface area contributed by atoms with Crippen LogP contribution in [0.3, 0.4) is 0 Å². The van der Waals surface area contributed by atoms with Crippen molar-refractivity contribution >= 4 is 22.6 Å². The summed E-state index contributed by atoms with van der Waals surface area (Å²) in [4.78, 5) is 14.8. The number of benzene rings is 2. The summed E-state index contributed by atoms with van der Waals surface area (Å²) in [6, 6.07) is 9.15. The van der Waals surface area contributed by atoms with Gasteiger partial charge in [-0.05, 0) is 32.1 Å². The van der Waals surface area contributed by atoms with E-state index in [0.29, 0.717) is 22.6 Å². The Morgan fingerprint density at radius 2 is 2.00 bits per heavy atom. The second-order valence-electron chi connectivity index (χ2n) is 7.14. The predicted octanol–water partition coefficient (Wildman–Crippen LogP) is 3.30. The monoisotopic (exact) mass is 401 g/mol. The van der Waals surface area contributed by atoms with Gasteiger partial charge < -0.3 is 24.6 Å². The molecule has 28 heavy (non-hydrogen) atoms. The van der Waals surface area contributed by atoms with Crippen LogP contribution in [0.1, 0.15) is 17.9 Å². The number of aromatic hydroxyl groups is 2. The maximum atomic E-state index is 12.8. The van der Waals surface area contributed by atoms with E-state index in [2.05, 4.69) is 0 Å². The van der Waals surface area contributed by atoms with Crippen molar-refractivity contribution in [3.8, 4) is 22.8 Å². The number of likely N-dealkylation sites (N-methyl/N-ethyl adjacent to an activating group) is 1. The van der Waals surface area contributed by atoms with Crippen molar-refractivity contribution in [1.82, 2.24) is 4.90 Å². The van der Waals surface area contributed by atoms with E-state index in [0.717, 1.165) is 6.54 Å². The van der Waals surface area contributed by atoms with Crippen LogP contribution in [0.15, 0.2) is 45.6 Å². The molecule has 0 radical (unpaired) electrons. The Morgan fingerprint density at radius 3 is 2.71 bits per heavy atom. The van der Waals surface area contributed by atoms with E-state index in [1.54, 1.807) is 24.3 Å². The minimum atomic E-state index is -0.415. The molecular weight excluding hydrogens is 382 g/mol. The lowest BCUT2D eigenvalue weighted by Crippen LogP contribution is -2.32. The third-order valence-electron chi connectivity index (χ3n) is 5.49. The van der Waals surface area contributed by atoms with Crippen molar-refractivity contribution in [3.05, 3.63) is 57.2 Å². The summed E-state index contributed by atoms with van der Waals surface area (Å²) in [5, 5.41) is 31.2. The van der Waals surface area contributed by atoms with Crippen molar-refractivity contribution in [2.75, 3.05) is 20.2 Å². The summed E-state index contributed by atoms with van der Waals surface area (Å²) < 4.78 is 6.04. The summed E-state index contributed by atoms with van der Waals surface area (Å²) >= 11 is 6.06. The van der Waals surface area contributed by atoms with E-state index in [4.69, 9.17) is 16.0 Å². The number of likely N-dealkylation sites (tertiary alicyclic amines) is 1. The number of nitrogens with zero attached hydrogens (tertiary/aromatic N) is 1. The Morgan fingerprint density at radius 1 is 1.21 bits per heavy atom. The van der Waals surface area contributed by atoms with E-state index < -0.39 is 5.43 Å². The van der Waals surface area contributed by atoms with Crippen molar-refractivity contribution < 1.29 is 19.7 Å². The highest BCUT2D eigenvalue weighted by molar-refractivity contribution is 6.30. The first-order valence-electron chi connectivity index (χ1n) is 9.00. The molecule has 146 valence electrons. The molecule has 1 saturated heterocycles. The van der Waals surface area contributed by atoms with E-state index in [1.807, 2.05) is 11.9 Å². The first-order valence-corrected chi connectivity index (χ1v) is 9.38. The summed E-state index contributed by atoms with van der Waals surface area (Å²) in [5.74, 6) is -0.446. The van der Waals surface area contributed by atoms with Gasteiger partial charge in [-0.2, -0.15) is 0 Å². The fourth-order valence-corrected chi connectivity index (χ4v) is 4.27. The second kappa shape index (κ2) is 7.13. The molecule has 2 atom stereocenters. The molecule has 3 aromatic rings. The van der Waals surface area contributed by atoms with E-state index in [-0.39, 0.29) is 46.8 Å². The quantitative estimate of drug-likeness (QED) is 0.623. The SMILES string of the molecule is CN1CC[C@@H](c2c(O)cc(O)c3c(=O)cc(-c4cccc(Cl)c4)oc23)[C@@H]1CO. The molecule has 4 rings (SSSR count). The summed E-state index contributed by atoms with van der Waals surface area (Å²) in [6.07, 6.45) is 0.681. The van der Waals surface area contributed by atoms with Crippen molar-refractivity contribution in [1.29, 1.82) is 0 Å². The van der Waals surface area contributed by atoms with Crippen LogP contribution in [0, 0.1) is 0 Å². The standard InChI is InChI=1S/C21H20ClNO5/c1-23-6-5-13(14(23)10-24)19-15(25)8-16(26)20-17(27)9-18(28-21(19)20)11-3-2-4-12(22)7-11/h2-4,7-9,13-14,24-26H,5-6,10H2,1H3/t13-,14+/m1/s1. The molecule has 0 spiro atoms. The lowest BCUT2D eigenvalue weighted by molar-refractivity contribution is 0.172. The molecule has 6 nitrogen and oxygen atoms in total. The zero-order valence-corrected chi connectivity index (χ0v) is 16.0. The number of aliphatic hydroxyl groups excluding tert-OH is 1.